The fourth-order valence-corrected chi connectivity index (χ4v) is 5.23. The Morgan fingerprint density at radius 1 is 1.48 bits per heavy atom. The molecule has 0 bridgehead atoms. The van der Waals surface area contributed by atoms with Crippen LogP contribution in [0.5, 0.6) is 0 Å². The van der Waals surface area contributed by atoms with Crippen molar-refractivity contribution in [2.24, 2.45) is 5.92 Å². The molecule has 0 amide bonds. The van der Waals surface area contributed by atoms with Crippen LogP contribution >= 0.6 is 15.9 Å². The monoisotopic (exact) mass is 379 g/mol. The molecule has 1 aromatic carbocycles. The number of hydrogen-bond acceptors (Lipinski definition) is 3. The Balaban J connectivity index is 2.43. The van der Waals surface area contributed by atoms with Crippen molar-refractivity contribution in [3.8, 4) is 0 Å². The van der Waals surface area contributed by atoms with E-state index in [-0.39, 0.29) is 15.9 Å². The first-order valence-electron chi connectivity index (χ1n) is 6.45. The molecule has 2 rings (SSSR count). The van der Waals surface area contributed by atoms with Crippen molar-refractivity contribution in [1.82, 2.24) is 4.31 Å². The summed E-state index contributed by atoms with van der Waals surface area (Å²) >= 11 is 3.11. The Morgan fingerprint density at radius 3 is 2.76 bits per heavy atom. The van der Waals surface area contributed by atoms with E-state index in [1.807, 2.05) is 0 Å². The van der Waals surface area contributed by atoms with Crippen molar-refractivity contribution in [1.29, 1.82) is 0 Å². The number of carboxylic acid groups (broad SMARTS) is 1. The molecule has 0 spiro atoms. The van der Waals surface area contributed by atoms with E-state index in [1.54, 1.807) is 6.92 Å². The molecule has 0 unspecified atom stereocenters. The molecule has 5 nitrogen and oxygen atoms in total. The second-order valence-corrected chi connectivity index (χ2v) is 7.73. The number of sulfonamides is 1. The van der Waals surface area contributed by atoms with Crippen LogP contribution in [0.4, 0.5) is 4.39 Å². The lowest BCUT2D eigenvalue weighted by Crippen LogP contribution is -2.49. The van der Waals surface area contributed by atoms with Crippen molar-refractivity contribution in [2.45, 2.75) is 30.7 Å². The minimum Gasteiger partial charge on any atom is -0.481 e. The minimum atomic E-state index is -3.95. The summed E-state index contributed by atoms with van der Waals surface area (Å²) in [6.45, 7) is 1.80. The van der Waals surface area contributed by atoms with E-state index in [9.17, 15) is 22.7 Å². The summed E-state index contributed by atoms with van der Waals surface area (Å²) in [4.78, 5) is 11.0. The van der Waals surface area contributed by atoms with Crippen molar-refractivity contribution >= 4 is 31.9 Å². The molecular formula is C13H15BrFNO4S. The molecule has 1 saturated heterocycles. The molecule has 1 aliphatic rings. The largest absolute Gasteiger partial charge is 0.481 e. The number of piperidine rings is 1. The van der Waals surface area contributed by atoms with E-state index in [2.05, 4.69) is 15.9 Å². The SMILES string of the molecule is C[C@@H]1[C@H](C(=O)O)CCCN1S(=O)(=O)c1cc(F)ccc1Br. The van der Waals surface area contributed by atoms with E-state index < -0.39 is 33.8 Å². The third-order valence-corrected chi connectivity index (χ3v) is 6.71. The topological polar surface area (TPSA) is 74.7 Å². The third-order valence-electron chi connectivity index (χ3n) is 3.73. The number of hydrogen-bond donors (Lipinski definition) is 1. The lowest BCUT2D eigenvalue weighted by atomic mass is 9.92. The van der Waals surface area contributed by atoms with Crippen LogP contribution in [0.25, 0.3) is 0 Å². The van der Waals surface area contributed by atoms with Gasteiger partial charge in [0.05, 0.1) is 10.8 Å². The van der Waals surface area contributed by atoms with Crippen LogP contribution in [0.1, 0.15) is 19.8 Å². The predicted molar refractivity (Wildman–Crippen MR) is 77.8 cm³/mol. The molecular weight excluding hydrogens is 365 g/mol. The second kappa shape index (κ2) is 6.02. The molecule has 1 aliphatic heterocycles. The van der Waals surface area contributed by atoms with Crippen molar-refractivity contribution < 1.29 is 22.7 Å². The maximum atomic E-state index is 13.3. The van der Waals surface area contributed by atoms with E-state index in [0.717, 1.165) is 16.4 Å². The van der Waals surface area contributed by atoms with Crippen molar-refractivity contribution in [3.63, 3.8) is 0 Å². The van der Waals surface area contributed by atoms with Crippen LogP contribution in [0.2, 0.25) is 0 Å². The summed E-state index contributed by atoms with van der Waals surface area (Å²) in [5.41, 5.74) is 0. The van der Waals surface area contributed by atoms with Gasteiger partial charge in [-0.05, 0) is 53.9 Å². The summed E-state index contributed by atoms with van der Waals surface area (Å²) in [5, 5.41) is 9.17. The average molecular weight is 380 g/mol. The summed E-state index contributed by atoms with van der Waals surface area (Å²) < 4.78 is 40.1. The van der Waals surface area contributed by atoms with Gasteiger partial charge in [-0.1, -0.05) is 0 Å². The molecule has 2 atom stereocenters. The van der Waals surface area contributed by atoms with Gasteiger partial charge in [0.15, 0.2) is 0 Å². The summed E-state index contributed by atoms with van der Waals surface area (Å²) in [6, 6.07) is 2.75. The highest BCUT2D eigenvalue weighted by atomic mass is 79.9. The first-order valence-corrected chi connectivity index (χ1v) is 8.68. The van der Waals surface area contributed by atoms with Gasteiger partial charge in [0, 0.05) is 17.1 Å². The summed E-state index contributed by atoms with van der Waals surface area (Å²) in [6.07, 6.45) is 0.903. The number of carbonyl (C=O) groups is 1. The smallest absolute Gasteiger partial charge is 0.308 e. The van der Waals surface area contributed by atoms with Gasteiger partial charge in [-0.3, -0.25) is 4.79 Å². The highest BCUT2D eigenvalue weighted by molar-refractivity contribution is 9.10. The third kappa shape index (κ3) is 3.12. The van der Waals surface area contributed by atoms with Gasteiger partial charge in [0.25, 0.3) is 0 Å². The normalized spacial score (nSPS) is 24.0. The molecule has 0 aromatic heterocycles. The summed E-state index contributed by atoms with van der Waals surface area (Å²) in [5.74, 6) is -2.42. The zero-order valence-electron chi connectivity index (χ0n) is 11.3. The lowest BCUT2D eigenvalue weighted by molar-refractivity contribution is -0.144. The molecule has 21 heavy (non-hydrogen) atoms. The van der Waals surface area contributed by atoms with Gasteiger partial charge < -0.3 is 5.11 Å². The first kappa shape index (κ1) is 16.4. The lowest BCUT2D eigenvalue weighted by Gasteiger charge is -2.36. The fraction of sp³-hybridized carbons (Fsp3) is 0.462. The molecule has 0 aliphatic carbocycles. The number of aliphatic carboxylic acids is 1. The number of halogens is 2. The standard InChI is InChI=1S/C13H15BrFNO4S/c1-8-10(13(17)18)3-2-6-16(8)21(19,20)12-7-9(15)4-5-11(12)14/h4-5,7-8,10H,2-3,6H2,1H3,(H,17,18)/t8-,10-/m1/s1. The Bertz CT molecular complexity index is 664. The van der Waals surface area contributed by atoms with Crippen molar-refractivity contribution in [2.75, 3.05) is 6.54 Å². The Kier molecular flexibility index (Phi) is 4.69. The number of benzene rings is 1. The van der Waals surface area contributed by atoms with Gasteiger partial charge in [-0.25, -0.2) is 12.8 Å². The number of rotatable bonds is 3. The maximum absolute atomic E-state index is 13.3. The molecule has 1 fully saturated rings. The Hall–Kier alpha value is -0.990. The molecule has 1 N–H and O–H groups in total. The molecule has 0 saturated carbocycles. The van der Waals surface area contributed by atoms with Crippen LogP contribution < -0.4 is 0 Å². The molecule has 8 heteroatoms. The van der Waals surface area contributed by atoms with Crippen LogP contribution in [0.15, 0.2) is 27.6 Å². The van der Waals surface area contributed by atoms with Crippen LogP contribution in [-0.2, 0) is 14.8 Å². The Labute approximate surface area is 130 Å². The van der Waals surface area contributed by atoms with E-state index in [0.29, 0.717) is 12.8 Å². The van der Waals surface area contributed by atoms with Gasteiger partial charge in [0.2, 0.25) is 10.0 Å². The van der Waals surface area contributed by atoms with Gasteiger partial charge in [-0.15, -0.1) is 0 Å². The van der Waals surface area contributed by atoms with Gasteiger partial charge in [-0.2, -0.15) is 4.31 Å². The average Bonchev–Trinajstić information content (AvgIpc) is 2.41. The predicted octanol–water partition coefficient (Wildman–Crippen LogP) is 2.46. The highest BCUT2D eigenvalue weighted by Crippen LogP contribution is 2.32. The van der Waals surface area contributed by atoms with Crippen molar-refractivity contribution in [3.05, 3.63) is 28.5 Å². The van der Waals surface area contributed by atoms with Gasteiger partial charge >= 0.3 is 5.97 Å². The highest BCUT2D eigenvalue weighted by Gasteiger charge is 2.40. The second-order valence-electron chi connectivity index (χ2n) is 5.02. The molecule has 0 radical (unpaired) electrons. The van der Waals surface area contributed by atoms with Crippen LogP contribution in [0, 0.1) is 11.7 Å². The zero-order chi connectivity index (χ0) is 15.8. The van der Waals surface area contributed by atoms with E-state index in [4.69, 9.17) is 0 Å². The summed E-state index contributed by atoms with van der Waals surface area (Å²) in [7, 11) is -3.95. The first-order chi connectivity index (χ1) is 9.75. The fourth-order valence-electron chi connectivity index (χ4n) is 2.58. The quantitative estimate of drug-likeness (QED) is 0.874. The Morgan fingerprint density at radius 2 is 2.14 bits per heavy atom. The van der Waals surface area contributed by atoms with E-state index in [1.165, 1.54) is 6.07 Å². The molecule has 1 aromatic rings. The number of nitrogens with zero attached hydrogens (tertiary/aromatic N) is 1. The molecule has 1 heterocycles. The van der Waals surface area contributed by atoms with Gasteiger partial charge in [0.1, 0.15) is 5.82 Å². The zero-order valence-corrected chi connectivity index (χ0v) is 13.7. The van der Waals surface area contributed by atoms with Crippen LogP contribution in [-0.4, -0.2) is 36.4 Å². The van der Waals surface area contributed by atoms with E-state index >= 15 is 0 Å². The van der Waals surface area contributed by atoms with Crippen LogP contribution in [0.3, 0.4) is 0 Å². The maximum Gasteiger partial charge on any atom is 0.308 e. The molecule has 116 valence electrons. The minimum absolute atomic E-state index is 0.180. The number of carboxylic acids is 1.